The number of benzene rings is 1. The maximum atomic E-state index is 12.4. The standard InChI is InChI=1S/C15H20O4/c1-6-10-9-11(7-8-12(10)18-4)13(16)15(2,3)14(17)19-5/h7-9H,6H2,1-5H3. The molecule has 1 aromatic carbocycles. The fraction of sp³-hybridized carbons (Fsp3) is 0.467. The number of hydrogen-bond donors (Lipinski definition) is 0. The van der Waals surface area contributed by atoms with E-state index in [1.165, 1.54) is 7.11 Å². The summed E-state index contributed by atoms with van der Waals surface area (Å²) in [5.41, 5.74) is 0.246. The van der Waals surface area contributed by atoms with Crippen LogP contribution in [0.5, 0.6) is 5.75 Å². The van der Waals surface area contributed by atoms with Gasteiger partial charge in [0.2, 0.25) is 0 Å². The summed E-state index contributed by atoms with van der Waals surface area (Å²) >= 11 is 0. The molecule has 0 unspecified atom stereocenters. The van der Waals surface area contributed by atoms with Crippen LogP contribution in [0.15, 0.2) is 18.2 Å². The van der Waals surface area contributed by atoms with Gasteiger partial charge in [-0.1, -0.05) is 6.92 Å². The third kappa shape index (κ3) is 2.95. The van der Waals surface area contributed by atoms with Crippen LogP contribution in [0, 0.1) is 5.41 Å². The molecule has 0 fully saturated rings. The molecule has 0 bridgehead atoms. The van der Waals surface area contributed by atoms with Crippen molar-refractivity contribution in [2.45, 2.75) is 27.2 Å². The lowest BCUT2D eigenvalue weighted by atomic mass is 9.84. The molecule has 0 saturated carbocycles. The smallest absolute Gasteiger partial charge is 0.319 e. The second kappa shape index (κ2) is 5.87. The lowest BCUT2D eigenvalue weighted by Gasteiger charge is -2.20. The van der Waals surface area contributed by atoms with Crippen LogP contribution in [-0.4, -0.2) is 26.0 Å². The number of methoxy groups -OCH3 is 2. The highest BCUT2D eigenvalue weighted by molar-refractivity contribution is 6.11. The number of aryl methyl sites for hydroxylation is 1. The summed E-state index contributed by atoms with van der Waals surface area (Å²) in [7, 11) is 2.87. The zero-order valence-corrected chi connectivity index (χ0v) is 12.1. The molecule has 0 spiro atoms. The van der Waals surface area contributed by atoms with Gasteiger partial charge in [0.05, 0.1) is 14.2 Å². The summed E-state index contributed by atoms with van der Waals surface area (Å²) in [5.74, 6) is -0.0435. The molecule has 4 nitrogen and oxygen atoms in total. The second-order valence-corrected chi connectivity index (χ2v) is 4.83. The number of ketones is 1. The minimum Gasteiger partial charge on any atom is -0.496 e. The van der Waals surface area contributed by atoms with E-state index in [1.807, 2.05) is 6.92 Å². The molecule has 0 heterocycles. The molecule has 1 rings (SSSR count). The van der Waals surface area contributed by atoms with Gasteiger partial charge in [0.1, 0.15) is 11.2 Å². The lowest BCUT2D eigenvalue weighted by Crippen LogP contribution is -2.34. The van der Waals surface area contributed by atoms with Gasteiger partial charge >= 0.3 is 5.97 Å². The molecule has 0 N–H and O–H groups in total. The Hall–Kier alpha value is -1.84. The molecule has 0 atom stereocenters. The maximum absolute atomic E-state index is 12.4. The van der Waals surface area contributed by atoms with Gasteiger partial charge in [-0.25, -0.2) is 0 Å². The van der Waals surface area contributed by atoms with Crippen molar-refractivity contribution in [1.29, 1.82) is 0 Å². The Labute approximate surface area is 113 Å². The van der Waals surface area contributed by atoms with E-state index in [0.29, 0.717) is 5.56 Å². The van der Waals surface area contributed by atoms with Gasteiger partial charge in [0, 0.05) is 5.56 Å². The monoisotopic (exact) mass is 264 g/mol. The summed E-state index contributed by atoms with van der Waals surface area (Å²) < 4.78 is 9.90. The second-order valence-electron chi connectivity index (χ2n) is 4.83. The van der Waals surface area contributed by atoms with Crippen molar-refractivity contribution in [3.63, 3.8) is 0 Å². The van der Waals surface area contributed by atoms with Gasteiger partial charge in [-0.3, -0.25) is 9.59 Å². The van der Waals surface area contributed by atoms with Crippen LogP contribution in [0.25, 0.3) is 0 Å². The summed E-state index contributed by atoms with van der Waals surface area (Å²) in [6.45, 7) is 5.12. The molecule has 0 aliphatic heterocycles. The summed E-state index contributed by atoms with van der Waals surface area (Å²) in [4.78, 5) is 24.1. The molecular weight excluding hydrogens is 244 g/mol. The lowest BCUT2D eigenvalue weighted by molar-refractivity contribution is -0.147. The molecule has 19 heavy (non-hydrogen) atoms. The van der Waals surface area contributed by atoms with Crippen LogP contribution in [0.3, 0.4) is 0 Å². The van der Waals surface area contributed by atoms with Gasteiger partial charge in [-0.15, -0.1) is 0 Å². The number of esters is 1. The molecule has 0 saturated heterocycles. The predicted octanol–water partition coefficient (Wildman–Crippen LogP) is 2.64. The number of hydrogen-bond acceptors (Lipinski definition) is 4. The van der Waals surface area contributed by atoms with Gasteiger partial charge in [0.25, 0.3) is 0 Å². The average molecular weight is 264 g/mol. The highest BCUT2D eigenvalue weighted by Gasteiger charge is 2.37. The summed E-state index contributed by atoms with van der Waals surface area (Å²) in [6.07, 6.45) is 0.753. The molecule has 0 aliphatic rings. The van der Waals surface area contributed by atoms with Crippen molar-refractivity contribution in [2.75, 3.05) is 14.2 Å². The van der Waals surface area contributed by atoms with Crippen molar-refractivity contribution >= 4 is 11.8 Å². The first-order valence-electron chi connectivity index (χ1n) is 6.18. The first-order valence-corrected chi connectivity index (χ1v) is 6.18. The predicted molar refractivity (Wildman–Crippen MR) is 72.5 cm³/mol. The van der Waals surface area contributed by atoms with Gasteiger partial charge in [0.15, 0.2) is 5.78 Å². The molecule has 0 radical (unpaired) electrons. The Morgan fingerprint density at radius 1 is 1.21 bits per heavy atom. The highest BCUT2D eigenvalue weighted by Crippen LogP contribution is 2.27. The quantitative estimate of drug-likeness (QED) is 0.466. The first-order chi connectivity index (χ1) is 8.88. The Bertz CT molecular complexity index is 489. The van der Waals surface area contributed by atoms with E-state index >= 15 is 0 Å². The largest absolute Gasteiger partial charge is 0.496 e. The Morgan fingerprint density at radius 3 is 2.32 bits per heavy atom. The Kier molecular flexibility index (Phi) is 4.70. The van der Waals surface area contributed by atoms with E-state index in [9.17, 15) is 9.59 Å². The van der Waals surface area contributed by atoms with Crippen molar-refractivity contribution in [1.82, 2.24) is 0 Å². The maximum Gasteiger partial charge on any atom is 0.319 e. The zero-order valence-electron chi connectivity index (χ0n) is 12.1. The van der Waals surface area contributed by atoms with Crippen LogP contribution >= 0.6 is 0 Å². The van der Waals surface area contributed by atoms with E-state index in [1.54, 1.807) is 39.2 Å². The van der Waals surface area contributed by atoms with E-state index in [0.717, 1.165) is 17.7 Å². The van der Waals surface area contributed by atoms with Gasteiger partial charge in [-0.05, 0) is 44.0 Å². The van der Waals surface area contributed by atoms with E-state index in [-0.39, 0.29) is 5.78 Å². The summed E-state index contributed by atoms with van der Waals surface area (Å²) in [5, 5.41) is 0. The van der Waals surface area contributed by atoms with Crippen molar-refractivity contribution < 1.29 is 19.1 Å². The van der Waals surface area contributed by atoms with E-state index in [4.69, 9.17) is 4.74 Å². The molecule has 0 aromatic heterocycles. The van der Waals surface area contributed by atoms with E-state index < -0.39 is 11.4 Å². The average Bonchev–Trinajstić information content (AvgIpc) is 2.44. The number of carbonyl (C=O) groups excluding carboxylic acids is 2. The number of ether oxygens (including phenoxy) is 2. The van der Waals surface area contributed by atoms with Crippen molar-refractivity contribution in [3.05, 3.63) is 29.3 Å². The minimum atomic E-state index is -1.19. The molecule has 1 aromatic rings. The van der Waals surface area contributed by atoms with Crippen molar-refractivity contribution in [3.8, 4) is 5.75 Å². The fourth-order valence-electron chi connectivity index (χ4n) is 1.90. The van der Waals surface area contributed by atoms with Crippen LogP contribution in [-0.2, 0) is 16.0 Å². The molecular formula is C15H20O4. The summed E-state index contributed by atoms with van der Waals surface area (Å²) in [6, 6.07) is 5.19. The van der Waals surface area contributed by atoms with Crippen LogP contribution < -0.4 is 4.74 Å². The van der Waals surface area contributed by atoms with Crippen LogP contribution in [0.1, 0.15) is 36.7 Å². The third-order valence-electron chi connectivity index (χ3n) is 3.19. The Morgan fingerprint density at radius 2 is 1.84 bits per heavy atom. The molecule has 0 aliphatic carbocycles. The van der Waals surface area contributed by atoms with Gasteiger partial charge < -0.3 is 9.47 Å². The first kappa shape index (κ1) is 15.2. The third-order valence-corrected chi connectivity index (χ3v) is 3.19. The number of carbonyl (C=O) groups is 2. The fourth-order valence-corrected chi connectivity index (χ4v) is 1.90. The normalized spacial score (nSPS) is 11.0. The minimum absolute atomic E-state index is 0.253. The highest BCUT2D eigenvalue weighted by atomic mass is 16.5. The molecule has 4 heteroatoms. The zero-order chi connectivity index (χ0) is 14.6. The van der Waals surface area contributed by atoms with E-state index in [2.05, 4.69) is 4.74 Å². The number of rotatable bonds is 5. The van der Waals surface area contributed by atoms with Crippen LogP contribution in [0.4, 0.5) is 0 Å². The number of Topliss-reactive ketones (excluding diaryl/α,β-unsaturated/α-hetero) is 1. The Balaban J connectivity index is 3.17. The molecule has 0 amide bonds. The SMILES string of the molecule is CCc1cc(C(=O)C(C)(C)C(=O)OC)ccc1OC. The van der Waals surface area contributed by atoms with Crippen molar-refractivity contribution in [2.24, 2.45) is 5.41 Å². The van der Waals surface area contributed by atoms with Gasteiger partial charge in [-0.2, -0.15) is 0 Å². The topological polar surface area (TPSA) is 52.6 Å². The molecule has 104 valence electrons. The van der Waals surface area contributed by atoms with Crippen LogP contribution in [0.2, 0.25) is 0 Å².